The lowest BCUT2D eigenvalue weighted by atomic mass is 10.1. The molecule has 0 atom stereocenters. The van der Waals surface area contributed by atoms with Crippen molar-refractivity contribution in [3.63, 3.8) is 0 Å². The first-order valence-corrected chi connectivity index (χ1v) is 8.03. The summed E-state index contributed by atoms with van der Waals surface area (Å²) in [7, 11) is 0. The van der Waals surface area contributed by atoms with E-state index in [2.05, 4.69) is 38.1 Å². The van der Waals surface area contributed by atoms with E-state index in [1.165, 1.54) is 0 Å². The fraction of sp³-hybridized carbons (Fsp3) is 0.111. The quantitative estimate of drug-likeness (QED) is 0.647. The maximum atomic E-state index is 4.83. The van der Waals surface area contributed by atoms with Gasteiger partial charge in [-0.1, -0.05) is 42.1 Å². The van der Waals surface area contributed by atoms with Crippen LogP contribution in [0.25, 0.3) is 5.69 Å². The Morgan fingerprint density at radius 1 is 0.909 bits per heavy atom. The van der Waals surface area contributed by atoms with Crippen molar-refractivity contribution in [3.8, 4) is 5.69 Å². The second kappa shape index (κ2) is 5.14. The number of aromatic nitrogens is 2. The molecule has 4 heteroatoms. The summed E-state index contributed by atoms with van der Waals surface area (Å²) in [5.74, 6) is 0. The van der Waals surface area contributed by atoms with Gasteiger partial charge < -0.3 is 0 Å². The Labute approximate surface area is 133 Å². The van der Waals surface area contributed by atoms with Gasteiger partial charge in [-0.05, 0) is 38.1 Å². The van der Waals surface area contributed by atoms with Crippen LogP contribution in [-0.4, -0.2) is 15.5 Å². The van der Waals surface area contributed by atoms with Crippen molar-refractivity contribution >= 4 is 23.2 Å². The third-order valence-corrected chi connectivity index (χ3v) is 4.85. The maximum Gasteiger partial charge on any atom is 0.133 e. The zero-order valence-corrected chi connectivity index (χ0v) is 13.3. The van der Waals surface area contributed by atoms with E-state index in [0.29, 0.717) is 0 Å². The molecule has 0 saturated heterocycles. The van der Waals surface area contributed by atoms with Gasteiger partial charge in [-0.2, -0.15) is 5.10 Å². The van der Waals surface area contributed by atoms with Crippen LogP contribution in [0, 0.1) is 6.92 Å². The minimum atomic E-state index is 1.02. The number of benzene rings is 2. The molecule has 2 aromatic carbocycles. The first kappa shape index (κ1) is 13.3. The molecule has 108 valence electrons. The monoisotopic (exact) mass is 305 g/mol. The fourth-order valence-electron chi connectivity index (χ4n) is 2.76. The van der Waals surface area contributed by atoms with Gasteiger partial charge in [0.2, 0.25) is 0 Å². The molecule has 3 nitrogen and oxygen atoms in total. The topological polar surface area (TPSA) is 30.2 Å². The number of rotatable bonds is 1. The second-order valence-corrected chi connectivity index (χ2v) is 6.31. The van der Waals surface area contributed by atoms with E-state index in [-0.39, 0.29) is 0 Å². The molecule has 1 aliphatic heterocycles. The molecule has 0 spiro atoms. The smallest absolute Gasteiger partial charge is 0.133 e. The van der Waals surface area contributed by atoms with E-state index in [4.69, 9.17) is 10.1 Å². The van der Waals surface area contributed by atoms with E-state index in [9.17, 15) is 0 Å². The third-order valence-electron chi connectivity index (χ3n) is 3.81. The molecule has 3 aromatic rings. The highest BCUT2D eigenvalue weighted by Gasteiger charge is 2.22. The van der Waals surface area contributed by atoms with Gasteiger partial charge in [0, 0.05) is 10.6 Å². The van der Waals surface area contributed by atoms with Crippen LogP contribution in [0.3, 0.4) is 0 Å². The van der Waals surface area contributed by atoms with E-state index in [1.54, 1.807) is 11.8 Å². The Bertz CT molecular complexity index is 879. The summed E-state index contributed by atoms with van der Waals surface area (Å²) in [4.78, 5) is 5.94. The highest BCUT2D eigenvalue weighted by molar-refractivity contribution is 7.99. The molecule has 0 amide bonds. The van der Waals surface area contributed by atoms with E-state index in [1.807, 2.05) is 35.0 Å². The third kappa shape index (κ3) is 2.07. The predicted molar refractivity (Wildman–Crippen MR) is 90.7 cm³/mol. The molecule has 0 saturated carbocycles. The van der Waals surface area contributed by atoms with Crippen LogP contribution in [-0.2, 0) is 0 Å². The summed E-state index contributed by atoms with van der Waals surface area (Å²) in [5, 5.41) is 5.85. The van der Waals surface area contributed by atoms with Gasteiger partial charge in [-0.25, -0.2) is 4.68 Å². The number of para-hydroxylation sites is 2. The van der Waals surface area contributed by atoms with Gasteiger partial charge in [0.1, 0.15) is 5.03 Å². The van der Waals surface area contributed by atoms with Crippen molar-refractivity contribution in [2.45, 2.75) is 23.8 Å². The molecule has 1 aliphatic rings. The maximum absolute atomic E-state index is 4.83. The van der Waals surface area contributed by atoms with Crippen molar-refractivity contribution < 1.29 is 0 Å². The number of fused-ring (bicyclic) bond motifs is 2. The summed E-state index contributed by atoms with van der Waals surface area (Å²) in [6.45, 7) is 4.17. The van der Waals surface area contributed by atoms with Crippen molar-refractivity contribution in [1.82, 2.24) is 9.78 Å². The first-order chi connectivity index (χ1) is 10.7. The highest BCUT2D eigenvalue weighted by atomic mass is 32.2. The van der Waals surface area contributed by atoms with Crippen LogP contribution in [0.5, 0.6) is 0 Å². The van der Waals surface area contributed by atoms with Crippen LogP contribution < -0.4 is 0 Å². The lowest BCUT2D eigenvalue weighted by molar-refractivity contribution is 0.813. The second-order valence-electron chi connectivity index (χ2n) is 5.28. The lowest BCUT2D eigenvalue weighted by Gasteiger charge is -2.05. The van der Waals surface area contributed by atoms with Crippen molar-refractivity contribution in [2.24, 2.45) is 4.99 Å². The summed E-state index contributed by atoms with van der Waals surface area (Å²) < 4.78 is 2.00. The Morgan fingerprint density at radius 3 is 2.45 bits per heavy atom. The number of aliphatic imine (C=N–C) groups is 1. The minimum absolute atomic E-state index is 1.02. The van der Waals surface area contributed by atoms with E-state index < -0.39 is 0 Å². The Balaban J connectivity index is 1.92. The molecule has 1 aromatic heterocycles. The van der Waals surface area contributed by atoms with Gasteiger partial charge in [0.25, 0.3) is 0 Å². The van der Waals surface area contributed by atoms with Crippen LogP contribution in [0.1, 0.15) is 18.2 Å². The van der Waals surface area contributed by atoms with Gasteiger partial charge in [0.05, 0.1) is 22.6 Å². The SMILES string of the molecule is CC1=Nc2ccccc2Sc2nn(-c3ccccc3)c(C)c21. The molecule has 0 bridgehead atoms. The molecule has 22 heavy (non-hydrogen) atoms. The molecule has 2 heterocycles. The summed E-state index contributed by atoms with van der Waals surface area (Å²) >= 11 is 1.69. The zero-order valence-electron chi connectivity index (χ0n) is 12.4. The average Bonchev–Trinajstić information content (AvgIpc) is 2.78. The molecule has 0 aliphatic carbocycles. The Morgan fingerprint density at radius 2 is 1.64 bits per heavy atom. The number of nitrogens with zero attached hydrogens (tertiary/aromatic N) is 3. The Kier molecular flexibility index (Phi) is 3.12. The first-order valence-electron chi connectivity index (χ1n) is 7.21. The lowest BCUT2D eigenvalue weighted by Crippen LogP contribution is -2.01. The zero-order chi connectivity index (χ0) is 15.1. The molecular weight excluding hydrogens is 290 g/mol. The summed E-state index contributed by atoms with van der Waals surface area (Å²) in [6, 6.07) is 18.5. The van der Waals surface area contributed by atoms with E-state index >= 15 is 0 Å². The number of hydrogen-bond acceptors (Lipinski definition) is 3. The number of hydrogen-bond donors (Lipinski definition) is 0. The van der Waals surface area contributed by atoms with Crippen LogP contribution in [0.15, 0.2) is 69.5 Å². The molecule has 0 N–H and O–H groups in total. The molecule has 0 fully saturated rings. The van der Waals surface area contributed by atoms with Gasteiger partial charge in [-0.15, -0.1) is 0 Å². The van der Waals surface area contributed by atoms with Crippen LogP contribution in [0.4, 0.5) is 5.69 Å². The summed E-state index contributed by atoms with van der Waals surface area (Å²) in [5.41, 5.74) is 5.39. The summed E-state index contributed by atoms with van der Waals surface area (Å²) in [6.07, 6.45) is 0. The minimum Gasteiger partial charge on any atom is -0.252 e. The Hall–Kier alpha value is -2.33. The van der Waals surface area contributed by atoms with Crippen molar-refractivity contribution in [3.05, 3.63) is 65.9 Å². The van der Waals surface area contributed by atoms with E-state index in [0.717, 1.165) is 38.3 Å². The normalized spacial score (nSPS) is 13.1. The van der Waals surface area contributed by atoms with Gasteiger partial charge in [-0.3, -0.25) is 4.99 Å². The van der Waals surface area contributed by atoms with Gasteiger partial charge in [0.15, 0.2) is 0 Å². The highest BCUT2D eigenvalue weighted by Crippen LogP contribution is 2.40. The van der Waals surface area contributed by atoms with Crippen molar-refractivity contribution in [1.29, 1.82) is 0 Å². The standard InChI is InChI=1S/C18H15N3S/c1-12-17-13(2)21(14-8-4-3-5-9-14)20-18(17)22-16-11-7-6-10-15(16)19-12/h3-11H,1-2H3. The van der Waals surface area contributed by atoms with Crippen LogP contribution in [0.2, 0.25) is 0 Å². The van der Waals surface area contributed by atoms with Gasteiger partial charge >= 0.3 is 0 Å². The molecule has 4 rings (SSSR count). The molecular formula is C18H15N3S. The van der Waals surface area contributed by atoms with Crippen LogP contribution >= 0.6 is 11.8 Å². The van der Waals surface area contributed by atoms with Crippen molar-refractivity contribution in [2.75, 3.05) is 0 Å². The predicted octanol–water partition coefficient (Wildman–Crippen LogP) is 4.79. The fourth-order valence-corrected chi connectivity index (χ4v) is 3.85. The molecule has 0 unspecified atom stereocenters. The average molecular weight is 305 g/mol. The largest absolute Gasteiger partial charge is 0.252 e. The molecule has 0 radical (unpaired) electrons.